The zero-order valence-electron chi connectivity index (χ0n) is 18.2. The maximum atomic E-state index is 13.1. The van der Waals surface area contributed by atoms with Gasteiger partial charge in [0.05, 0.1) is 39.0 Å². The van der Waals surface area contributed by atoms with Crippen molar-refractivity contribution >= 4 is 17.5 Å². The van der Waals surface area contributed by atoms with Crippen LogP contribution in [-0.2, 0) is 20.7 Å². The molecule has 2 heterocycles. The lowest BCUT2D eigenvalue weighted by Crippen LogP contribution is -2.38. The minimum Gasteiger partial charge on any atom is -0.497 e. The second kappa shape index (κ2) is 8.98. The molecule has 2 amide bonds. The van der Waals surface area contributed by atoms with E-state index >= 15 is 0 Å². The molecule has 2 aliphatic rings. The quantitative estimate of drug-likeness (QED) is 0.713. The molecule has 0 saturated carbocycles. The van der Waals surface area contributed by atoms with Crippen molar-refractivity contribution < 1.29 is 23.8 Å². The third kappa shape index (κ3) is 4.23. The van der Waals surface area contributed by atoms with Gasteiger partial charge in [-0.2, -0.15) is 0 Å². The highest BCUT2D eigenvalue weighted by Gasteiger charge is 2.38. The van der Waals surface area contributed by atoms with Gasteiger partial charge in [0.1, 0.15) is 17.6 Å². The van der Waals surface area contributed by atoms with Gasteiger partial charge in [0.2, 0.25) is 11.8 Å². The summed E-state index contributed by atoms with van der Waals surface area (Å²) in [6, 6.07) is 13.5. The maximum Gasteiger partial charge on any atom is 0.227 e. The van der Waals surface area contributed by atoms with E-state index in [-0.39, 0.29) is 24.3 Å². The van der Waals surface area contributed by atoms with E-state index in [1.807, 2.05) is 12.1 Å². The average Bonchev–Trinajstić information content (AvgIpc) is 3.19. The van der Waals surface area contributed by atoms with Gasteiger partial charge in [-0.05, 0) is 29.7 Å². The number of benzene rings is 2. The van der Waals surface area contributed by atoms with E-state index in [0.717, 1.165) is 12.0 Å². The number of carbonyl (C=O) groups excluding carboxylic acids is 2. The van der Waals surface area contributed by atoms with Crippen molar-refractivity contribution in [1.29, 1.82) is 0 Å². The molecule has 2 aromatic rings. The van der Waals surface area contributed by atoms with Crippen LogP contribution in [0.2, 0.25) is 0 Å². The largest absolute Gasteiger partial charge is 0.497 e. The summed E-state index contributed by atoms with van der Waals surface area (Å²) in [5.41, 5.74) is 3.06. The zero-order chi connectivity index (χ0) is 22.0. The van der Waals surface area contributed by atoms with Gasteiger partial charge in [0.25, 0.3) is 0 Å². The molecular weight excluding hydrogens is 396 g/mol. The van der Waals surface area contributed by atoms with Crippen molar-refractivity contribution in [2.24, 2.45) is 5.92 Å². The van der Waals surface area contributed by atoms with Crippen molar-refractivity contribution in [3.05, 3.63) is 53.6 Å². The van der Waals surface area contributed by atoms with E-state index in [9.17, 15) is 9.59 Å². The Morgan fingerprint density at radius 2 is 2.00 bits per heavy atom. The second-order valence-electron chi connectivity index (χ2n) is 7.97. The molecule has 0 spiro atoms. The van der Waals surface area contributed by atoms with E-state index in [1.165, 1.54) is 5.56 Å². The number of likely N-dealkylation sites (N-methyl/N-ethyl adjacent to an activating group) is 1. The van der Waals surface area contributed by atoms with Gasteiger partial charge in [-0.3, -0.25) is 9.59 Å². The highest BCUT2D eigenvalue weighted by Crippen LogP contribution is 2.36. The van der Waals surface area contributed by atoms with Crippen molar-refractivity contribution in [1.82, 2.24) is 4.90 Å². The van der Waals surface area contributed by atoms with Gasteiger partial charge >= 0.3 is 0 Å². The number of rotatable bonds is 6. The maximum absolute atomic E-state index is 13.1. The molecule has 31 heavy (non-hydrogen) atoms. The molecule has 0 radical (unpaired) electrons. The summed E-state index contributed by atoms with van der Waals surface area (Å²) in [5, 5.41) is 0. The first-order valence-electron chi connectivity index (χ1n) is 10.5. The molecule has 7 heteroatoms. The Hall–Kier alpha value is -3.06. The fourth-order valence-corrected chi connectivity index (χ4v) is 4.39. The Labute approximate surface area is 182 Å². The van der Waals surface area contributed by atoms with Crippen LogP contribution >= 0.6 is 0 Å². The Bertz CT molecular complexity index is 976. The van der Waals surface area contributed by atoms with Gasteiger partial charge in [-0.1, -0.05) is 24.3 Å². The van der Waals surface area contributed by atoms with Gasteiger partial charge in [0.15, 0.2) is 0 Å². The van der Waals surface area contributed by atoms with Gasteiger partial charge in [-0.25, -0.2) is 0 Å². The predicted molar refractivity (Wildman–Crippen MR) is 116 cm³/mol. The number of methoxy groups -OCH3 is 2. The van der Waals surface area contributed by atoms with Crippen LogP contribution in [0.4, 0.5) is 5.69 Å². The molecular formula is C24H28N2O5. The van der Waals surface area contributed by atoms with E-state index in [1.54, 1.807) is 49.3 Å². The topological polar surface area (TPSA) is 68.3 Å². The normalized spacial score (nSPS) is 20.4. The van der Waals surface area contributed by atoms with Crippen molar-refractivity contribution in [2.75, 3.05) is 45.9 Å². The second-order valence-corrected chi connectivity index (χ2v) is 7.97. The summed E-state index contributed by atoms with van der Waals surface area (Å²) in [4.78, 5) is 29.2. The first kappa shape index (κ1) is 21.2. The van der Waals surface area contributed by atoms with E-state index in [0.29, 0.717) is 36.9 Å². The van der Waals surface area contributed by atoms with Gasteiger partial charge in [0, 0.05) is 26.1 Å². The summed E-state index contributed by atoms with van der Waals surface area (Å²) < 4.78 is 16.6. The van der Waals surface area contributed by atoms with Crippen LogP contribution in [0.5, 0.6) is 11.5 Å². The summed E-state index contributed by atoms with van der Waals surface area (Å²) in [6.45, 7) is 1.44. The third-order valence-electron chi connectivity index (χ3n) is 6.06. The highest BCUT2D eigenvalue weighted by molar-refractivity contribution is 6.01. The smallest absolute Gasteiger partial charge is 0.227 e. The van der Waals surface area contributed by atoms with E-state index in [2.05, 4.69) is 12.1 Å². The highest BCUT2D eigenvalue weighted by atomic mass is 16.5. The monoisotopic (exact) mass is 424 g/mol. The molecule has 0 bridgehead atoms. The molecule has 2 aromatic carbocycles. The predicted octanol–water partition coefficient (Wildman–Crippen LogP) is 2.83. The van der Waals surface area contributed by atoms with Crippen molar-refractivity contribution in [3.8, 4) is 11.5 Å². The number of carbonyl (C=O) groups is 2. The van der Waals surface area contributed by atoms with Crippen LogP contribution in [0.1, 0.15) is 23.7 Å². The van der Waals surface area contributed by atoms with Gasteiger partial charge in [-0.15, -0.1) is 0 Å². The summed E-state index contributed by atoms with van der Waals surface area (Å²) in [7, 11) is 4.91. The molecule has 0 unspecified atom stereocenters. The Morgan fingerprint density at radius 3 is 2.77 bits per heavy atom. The lowest BCUT2D eigenvalue weighted by Gasteiger charge is -2.30. The number of nitrogens with zero attached hydrogens (tertiary/aromatic N) is 2. The molecule has 0 aromatic heterocycles. The van der Waals surface area contributed by atoms with E-state index in [4.69, 9.17) is 14.2 Å². The zero-order valence-corrected chi connectivity index (χ0v) is 18.2. The van der Waals surface area contributed by atoms with Crippen molar-refractivity contribution in [3.63, 3.8) is 0 Å². The molecule has 0 N–H and O–H groups in total. The molecule has 1 fully saturated rings. The molecule has 164 valence electrons. The molecule has 2 aliphatic heterocycles. The first-order chi connectivity index (χ1) is 15.0. The molecule has 0 aliphatic carbocycles. The Kier molecular flexibility index (Phi) is 6.13. The molecule has 7 nitrogen and oxygen atoms in total. The standard InChI is InChI=1S/C24H28N2O5/c1-25(15-22-19-7-5-4-6-16(19)10-11-31-22)24(28)17-12-23(27)26(14-17)20-9-8-18(29-2)13-21(20)30-3/h4-9,13,17,22H,10-12,14-15H2,1-3H3/t17-,22+/m1/s1. The number of hydrogen-bond acceptors (Lipinski definition) is 5. The van der Waals surface area contributed by atoms with Crippen LogP contribution in [0, 0.1) is 5.92 Å². The van der Waals surface area contributed by atoms with E-state index < -0.39 is 5.92 Å². The Balaban J connectivity index is 1.45. The lowest BCUT2D eigenvalue weighted by atomic mass is 9.97. The van der Waals surface area contributed by atoms with Crippen LogP contribution in [0.25, 0.3) is 0 Å². The fraction of sp³-hybridized carbons (Fsp3) is 0.417. The number of anilines is 1. The lowest BCUT2D eigenvalue weighted by molar-refractivity contribution is -0.136. The Morgan fingerprint density at radius 1 is 1.19 bits per heavy atom. The summed E-state index contributed by atoms with van der Waals surface area (Å²) in [6.07, 6.45) is 0.925. The first-order valence-corrected chi connectivity index (χ1v) is 10.5. The number of fused-ring (bicyclic) bond motifs is 1. The van der Waals surface area contributed by atoms with Crippen molar-refractivity contribution in [2.45, 2.75) is 18.9 Å². The molecule has 4 rings (SSSR count). The summed E-state index contributed by atoms with van der Waals surface area (Å²) >= 11 is 0. The summed E-state index contributed by atoms with van der Waals surface area (Å²) in [5.74, 6) is 0.654. The molecule has 2 atom stereocenters. The minimum atomic E-state index is -0.400. The van der Waals surface area contributed by atoms with Crippen LogP contribution < -0.4 is 14.4 Å². The van der Waals surface area contributed by atoms with Crippen LogP contribution in [0.3, 0.4) is 0 Å². The minimum absolute atomic E-state index is 0.0463. The number of hydrogen-bond donors (Lipinski definition) is 0. The molecule has 1 saturated heterocycles. The fourth-order valence-electron chi connectivity index (χ4n) is 4.39. The number of ether oxygens (including phenoxy) is 3. The van der Waals surface area contributed by atoms with Crippen LogP contribution in [0.15, 0.2) is 42.5 Å². The third-order valence-corrected chi connectivity index (χ3v) is 6.06. The number of amides is 2. The average molecular weight is 424 g/mol. The van der Waals surface area contributed by atoms with Gasteiger partial charge < -0.3 is 24.0 Å². The SMILES string of the molecule is COc1ccc(N2C[C@H](C(=O)N(C)C[C@@H]3OCCc4ccccc43)CC2=O)c(OC)c1. The van der Waals surface area contributed by atoms with Crippen LogP contribution in [-0.4, -0.2) is 57.7 Å².